The first-order valence-corrected chi connectivity index (χ1v) is 10.8. The molecule has 0 radical (unpaired) electrons. The van der Waals surface area contributed by atoms with Crippen molar-refractivity contribution in [3.05, 3.63) is 71.3 Å². The van der Waals surface area contributed by atoms with E-state index in [1.54, 1.807) is 29.2 Å². The molecule has 31 heavy (non-hydrogen) atoms. The fraction of sp³-hybridized carbons (Fsp3) is 0.360. The van der Waals surface area contributed by atoms with Crippen LogP contribution in [0.2, 0.25) is 0 Å². The van der Waals surface area contributed by atoms with Crippen molar-refractivity contribution >= 4 is 23.5 Å². The molecule has 0 spiro atoms. The Morgan fingerprint density at radius 1 is 0.903 bits per heavy atom. The number of nitrogens with zero attached hydrogens (tertiary/aromatic N) is 2. The number of fused-ring (bicyclic) bond motifs is 1. The molecule has 1 unspecified atom stereocenters. The average molecular weight is 418 g/mol. The summed E-state index contributed by atoms with van der Waals surface area (Å²) in [6.07, 6.45) is 2.01. The SMILES string of the molecule is CCC(=O)C1CCN(C(=O)C(Cc2ccccc2)N2C(=O)c3ccccc3C2=O)CC1. The fourth-order valence-corrected chi connectivity index (χ4v) is 4.54. The van der Waals surface area contributed by atoms with Gasteiger partial charge >= 0.3 is 0 Å². The number of carbonyl (C=O) groups excluding carboxylic acids is 4. The molecule has 0 aliphatic carbocycles. The van der Waals surface area contributed by atoms with Crippen LogP contribution in [0.15, 0.2) is 54.6 Å². The predicted octanol–water partition coefficient (Wildman–Crippen LogP) is 3.11. The number of hydrogen-bond donors (Lipinski definition) is 0. The minimum absolute atomic E-state index is 0.0130. The molecule has 6 nitrogen and oxygen atoms in total. The van der Waals surface area contributed by atoms with E-state index in [-0.39, 0.29) is 24.0 Å². The Kier molecular flexibility index (Phi) is 5.98. The summed E-state index contributed by atoms with van der Waals surface area (Å²) in [5.74, 6) is -0.869. The topological polar surface area (TPSA) is 74.8 Å². The zero-order chi connectivity index (χ0) is 22.0. The Balaban J connectivity index is 1.60. The van der Waals surface area contributed by atoms with Gasteiger partial charge in [-0.05, 0) is 30.5 Å². The van der Waals surface area contributed by atoms with Crippen molar-refractivity contribution < 1.29 is 19.2 Å². The largest absolute Gasteiger partial charge is 0.341 e. The van der Waals surface area contributed by atoms with Crippen LogP contribution in [0.1, 0.15) is 52.5 Å². The van der Waals surface area contributed by atoms with Gasteiger partial charge in [0.05, 0.1) is 11.1 Å². The molecular formula is C25H26N2O4. The molecule has 1 atom stereocenters. The molecule has 0 aromatic heterocycles. The number of hydrogen-bond acceptors (Lipinski definition) is 4. The van der Waals surface area contributed by atoms with Gasteiger partial charge in [-0.1, -0.05) is 49.4 Å². The van der Waals surface area contributed by atoms with Crippen LogP contribution in [0.4, 0.5) is 0 Å². The Bertz CT molecular complexity index is 974. The molecule has 2 aromatic rings. The maximum atomic E-state index is 13.6. The van der Waals surface area contributed by atoms with Crippen molar-refractivity contribution in [1.29, 1.82) is 0 Å². The van der Waals surface area contributed by atoms with Gasteiger partial charge in [-0.25, -0.2) is 0 Å². The smallest absolute Gasteiger partial charge is 0.262 e. The van der Waals surface area contributed by atoms with Gasteiger partial charge in [0, 0.05) is 31.8 Å². The molecule has 1 fully saturated rings. The lowest BCUT2D eigenvalue weighted by molar-refractivity contribution is -0.138. The van der Waals surface area contributed by atoms with Crippen LogP contribution in [0, 0.1) is 5.92 Å². The Hall–Kier alpha value is -3.28. The highest BCUT2D eigenvalue weighted by Gasteiger charge is 2.44. The van der Waals surface area contributed by atoms with Gasteiger partial charge in [-0.3, -0.25) is 24.1 Å². The first-order chi connectivity index (χ1) is 15.0. The van der Waals surface area contributed by atoms with E-state index in [0.717, 1.165) is 10.5 Å². The highest BCUT2D eigenvalue weighted by atomic mass is 16.2. The van der Waals surface area contributed by atoms with Crippen LogP contribution in [-0.4, -0.2) is 52.4 Å². The van der Waals surface area contributed by atoms with E-state index in [2.05, 4.69) is 0 Å². The molecule has 160 valence electrons. The molecule has 4 rings (SSSR count). The lowest BCUT2D eigenvalue weighted by Gasteiger charge is -2.36. The van der Waals surface area contributed by atoms with Gasteiger partial charge in [0.25, 0.3) is 11.8 Å². The first kappa shape index (κ1) is 21.0. The Morgan fingerprint density at radius 3 is 2.00 bits per heavy atom. The maximum absolute atomic E-state index is 13.6. The van der Waals surface area contributed by atoms with Crippen LogP contribution >= 0.6 is 0 Å². The number of amides is 3. The van der Waals surface area contributed by atoms with Crippen molar-refractivity contribution in [2.45, 2.75) is 38.6 Å². The Labute approximate surface area is 181 Å². The number of ketones is 1. The summed E-state index contributed by atoms with van der Waals surface area (Å²) < 4.78 is 0. The second-order valence-electron chi connectivity index (χ2n) is 8.15. The zero-order valence-corrected chi connectivity index (χ0v) is 17.6. The van der Waals surface area contributed by atoms with E-state index in [9.17, 15) is 19.2 Å². The third kappa shape index (κ3) is 4.02. The second-order valence-corrected chi connectivity index (χ2v) is 8.15. The third-order valence-corrected chi connectivity index (χ3v) is 6.30. The molecule has 6 heteroatoms. The number of imide groups is 1. The number of benzene rings is 2. The standard InChI is InChI=1S/C25H26N2O4/c1-2-22(28)18-12-14-26(15-13-18)25(31)21(16-17-8-4-3-5-9-17)27-23(29)19-10-6-7-11-20(19)24(27)30/h3-11,18,21H,2,12-16H2,1H3. The third-order valence-electron chi connectivity index (χ3n) is 6.30. The average Bonchev–Trinajstić information content (AvgIpc) is 3.07. The van der Waals surface area contributed by atoms with Crippen LogP contribution in [0.3, 0.4) is 0 Å². The predicted molar refractivity (Wildman–Crippen MR) is 115 cm³/mol. The van der Waals surface area contributed by atoms with E-state index in [0.29, 0.717) is 43.5 Å². The normalized spacial score (nSPS) is 17.6. The molecular weight excluding hydrogens is 392 g/mol. The fourth-order valence-electron chi connectivity index (χ4n) is 4.54. The number of likely N-dealkylation sites (tertiary alicyclic amines) is 1. The minimum Gasteiger partial charge on any atom is -0.341 e. The molecule has 2 aromatic carbocycles. The lowest BCUT2D eigenvalue weighted by Crippen LogP contribution is -2.53. The van der Waals surface area contributed by atoms with Gasteiger partial charge in [-0.2, -0.15) is 0 Å². The minimum atomic E-state index is -0.909. The van der Waals surface area contributed by atoms with Crippen molar-refractivity contribution in [2.24, 2.45) is 5.92 Å². The summed E-state index contributed by atoms with van der Waals surface area (Å²) in [4.78, 5) is 54.6. The van der Waals surface area contributed by atoms with Crippen LogP contribution in [-0.2, 0) is 16.0 Å². The van der Waals surface area contributed by atoms with Gasteiger partial charge in [0.2, 0.25) is 5.91 Å². The van der Waals surface area contributed by atoms with Crippen molar-refractivity contribution in [1.82, 2.24) is 9.80 Å². The van der Waals surface area contributed by atoms with Crippen molar-refractivity contribution in [3.8, 4) is 0 Å². The highest BCUT2D eigenvalue weighted by molar-refractivity contribution is 6.22. The van der Waals surface area contributed by atoms with Gasteiger partial charge in [-0.15, -0.1) is 0 Å². The van der Waals surface area contributed by atoms with E-state index >= 15 is 0 Å². The number of Topliss-reactive ketones (excluding diaryl/α,β-unsaturated/α-hetero) is 1. The van der Waals surface area contributed by atoms with Crippen molar-refractivity contribution in [2.75, 3.05) is 13.1 Å². The summed E-state index contributed by atoms with van der Waals surface area (Å²) >= 11 is 0. The van der Waals surface area contributed by atoms with Crippen LogP contribution in [0.25, 0.3) is 0 Å². The van der Waals surface area contributed by atoms with E-state index in [1.807, 2.05) is 37.3 Å². The quantitative estimate of drug-likeness (QED) is 0.676. The highest BCUT2D eigenvalue weighted by Crippen LogP contribution is 2.28. The monoisotopic (exact) mass is 418 g/mol. The van der Waals surface area contributed by atoms with Crippen molar-refractivity contribution in [3.63, 3.8) is 0 Å². The summed E-state index contributed by atoms with van der Waals surface area (Å²) in [5, 5.41) is 0. The van der Waals surface area contributed by atoms with Gasteiger partial charge in [0.1, 0.15) is 11.8 Å². The molecule has 0 N–H and O–H groups in total. The second kappa shape index (κ2) is 8.84. The molecule has 0 saturated carbocycles. The van der Waals surface area contributed by atoms with E-state index in [4.69, 9.17) is 0 Å². The number of rotatable bonds is 6. The summed E-state index contributed by atoms with van der Waals surface area (Å²) in [6.45, 7) is 2.78. The summed E-state index contributed by atoms with van der Waals surface area (Å²) in [6, 6.07) is 15.2. The lowest BCUT2D eigenvalue weighted by atomic mass is 9.90. The summed E-state index contributed by atoms with van der Waals surface area (Å²) in [5.41, 5.74) is 1.56. The van der Waals surface area contributed by atoms with Gasteiger partial charge < -0.3 is 4.90 Å². The molecule has 2 aliphatic rings. The molecule has 3 amide bonds. The number of carbonyl (C=O) groups is 4. The molecule has 0 bridgehead atoms. The van der Waals surface area contributed by atoms with Gasteiger partial charge in [0.15, 0.2) is 0 Å². The van der Waals surface area contributed by atoms with Crippen LogP contribution in [0.5, 0.6) is 0 Å². The summed E-state index contributed by atoms with van der Waals surface area (Å²) in [7, 11) is 0. The number of piperidine rings is 1. The van der Waals surface area contributed by atoms with E-state index < -0.39 is 17.9 Å². The van der Waals surface area contributed by atoms with E-state index in [1.165, 1.54) is 0 Å². The molecule has 1 saturated heterocycles. The van der Waals surface area contributed by atoms with Crippen LogP contribution < -0.4 is 0 Å². The first-order valence-electron chi connectivity index (χ1n) is 10.8. The molecule has 2 aliphatic heterocycles. The molecule has 2 heterocycles. The maximum Gasteiger partial charge on any atom is 0.262 e. The Morgan fingerprint density at radius 2 is 1.45 bits per heavy atom. The zero-order valence-electron chi connectivity index (χ0n) is 17.6.